The van der Waals surface area contributed by atoms with Gasteiger partial charge in [0.2, 0.25) is 11.8 Å². The number of benzene rings is 1. The molecular formula is C19H23N3O3S. The first-order chi connectivity index (χ1) is 12.3. The molecule has 3 N–H and O–H groups in total. The molecule has 2 aliphatic heterocycles. The summed E-state index contributed by atoms with van der Waals surface area (Å²) in [6.45, 7) is 6.15. The SMILES string of the molecule is CC=CC1N2C(=O)C(NC(=O)C(N)c3ccc(C=O)cc3)C2SC1(C)C. The highest BCUT2D eigenvalue weighted by molar-refractivity contribution is 8.01. The summed E-state index contributed by atoms with van der Waals surface area (Å²) in [5, 5.41) is 2.72. The van der Waals surface area contributed by atoms with Gasteiger partial charge in [0.25, 0.3) is 0 Å². The Hall–Kier alpha value is -2.12. The summed E-state index contributed by atoms with van der Waals surface area (Å²) in [7, 11) is 0. The molecule has 0 spiro atoms. The van der Waals surface area contributed by atoms with Crippen molar-refractivity contribution in [2.45, 2.75) is 49.0 Å². The predicted octanol–water partition coefficient (Wildman–Crippen LogP) is 1.62. The van der Waals surface area contributed by atoms with Gasteiger partial charge in [-0.15, -0.1) is 11.8 Å². The number of thioether (sulfide) groups is 1. The quantitative estimate of drug-likeness (QED) is 0.465. The lowest BCUT2D eigenvalue weighted by Gasteiger charge is -2.44. The Morgan fingerprint density at radius 2 is 2.00 bits per heavy atom. The fraction of sp³-hybridized carbons (Fsp3) is 0.421. The van der Waals surface area contributed by atoms with E-state index in [1.165, 1.54) is 0 Å². The molecule has 0 bridgehead atoms. The highest BCUT2D eigenvalue weighted by Gasteiger charge is 2.61. The number of allylic oxidation sites excluding steroid dienone is 1. The van der Waals surface area contributed by atoms with Crippen molar-refractivity contribution in [2.75, 3.05) is 0 Å². The molecule has 0 saturated carbocycles. The molecule has 2 aliphatic rings. The summed E-state index contributed by atoms with van der Waals surface area (Å²) in [6.07, 6.45) is 4.72. The Labute approximate surface area is 157 Å². The van der Waals surface area contributed by atoms with E-state index in [4.69, 9.17) is 5.73 Å². The molecule has 2 heterocycles. The molecule has 2 saturated heterocycles. The molecule has 2 amide bonds. The normalized spacial score (nSPS) is 27.8. The van der Waals surface area contributed by atoms with Crippen LogP contribution in [0.4, 0.5) is 0 Å². The minimum atomic E-state index is -0.886. The first-order valence-corrected chi connectivity index (χ1v) is 9.42. The Kier molecular flexibility index (Phi) is 4.94. The summed E-state index contributed by atoms with van der Waals surface area (Å²) < 4.78 is -0.112. The third-order valence-electron chi connectivity index (χ3n) is 4.90. The van der Waals surface area contributed by atoms with Crippen LogP contribution in [0.15, 0.2) is 36.4 Å². The molecule has 138 valence electrons. The Morgan fingerprint density at radius 1 is 1.35 bits per heavy atom. The molecule has 0 aromatic heterocycles. The third kappa shape index (κ3) is 3.05. The van der Waals surface area contributed by atoms with Crippen LogP contribution in [-0.4, -0.2) is 45.2 Å². The lowest BCUT2D eigenvalue weighted by molar-refractivity contribution is -0.150. The van der Waals surface area contributed by atoms with Crippen LogP contribution in [0.1, 0.15) is 42.7 Å². The lowest BCUT2D eigenvalue weighted by Crippen LogP contribution is -2.69. The topological polar surface area (TPSA) is 92.5 Å². The van der Waals surface area contributed by atoms with E-state index >= 15 is 0 Å². The number of carbonyl (C=O) groups excluding carboxylic acids is 3. The van der Waals surface area contributed by atoms with Crippen molar-refractivity contribution in [3.63, 3.8) is 0 Å². The monoisotopic (exact) mass is 373 g/mol. The molecule has 6 nitrogen and oxygen atoms in total. The van der Waals surface area contributed by atoms with E-state index in [0.717, 1.165) is 6.29 Å². The molecule has 2 fully saturated rings. The number of rotatable bonds is 5. The number of β-lactam (4-membered cyclic amide) rings is 1. The number of amides is 2. The summed E-state index contributed by atoms with van der Waals surface area (Å²) >= 11 is 1.69. The molecule has 4 unspecified atom stereocenters. The van der Waals surface area contributed by atoms with Crippen molar-refractivity contribution < 1.29 is 14.4 Å². The smallest absolute Gasteiger partial charge is 0.249 e. The molecule has 1 aromatic carbocycles. The molecule has 0 radical (unpaired) electrons. The van der Waals surface area contributed by atoms with Crippen LogP contribution in [0.3, 0.4) is 0 Å². The van der Waals surface area contributed by atoms with Gasteiger partial charge in [-0.2, -0.15) is 0 Å². The second-order valence-electron chi connectivity index (χ2n) is 7.08. The number of nitrogens with zero attached hydrogens (tertiary/aromatic N) is 1. The van der Waals surface area contributed by atoms with Crippen LogP contribution in [0.2, 0.25) is 0 Å². The number of aldehydes is 1. The first kappa shape index (κ1) is 18.7. The lowest BCUT2D eigenvalue weighted by atomic mass is 9.95. The molecule has 3 rings (SSSR count). The van der Waals surface area contributed by atoms with Crippen LogP contribution in [0.25, 0.3) is 0 Å². The Balaban J connectivity index is 1.69. The first-order valence-electron chi connectivity index (χ1n) is 8.54. The molecule has 7 heteroatoms. The van der Waals surface area contributed by atoms with Crippen molar-refractivity contribution >= 4 is 29.9 Å². The number of hydrogen-bond acceptors (Lipinski definition) is 5. The number of nitrogens with two attached hydrogens (primary N) is 1. The zero-order valence-corrected chi connectivity index (χ0v) is 15.8. The van der Waals surface area contributed by atoms with Crippen LogP contribution >= 0.6 is 11.8 Å². The number of nitrogens with one attached hydrogen (secondary N) is 1. The number of carbonyl (C=O) groups is 3. The van der Waals surface area contributed by atoms with Crippen molar-refractivity contribution in [1.82, 2.24) is 10.2 Å². The second kappa shape index (κ2) is 6.89. The van der Waals surface area contributed by atoms with Crippen molar-refractivity contribution in [1.29, 1.82) is 0 Å². The zero-order chi connectivity index (χ0) is 19.1. The minimum Gasteiger partial charge on any atom is -0.340 e. The average molecular weight is 373 g/mol. The van der Waals surface area contributed by atoms with Gasteiger partial charge < -0.3 is 16.0 Å². The maximum absolute atomic E-state index is 12.6. The van der Waals surface area contributed by atoms with E-state index in [2.05, 4.69) is 19.2 Å². The van der Waals surface area contributed by atoms with Gasteiger partial charge in [-0.05, 0) is 26.3 Å². The van der Waals surface area contributed by atoms with E-state index in [1.54, 1.807) is 36.0 Å². The van der Waals surface area contributed by atoms with Gasteiger partial charge in [-0.1, -0.05) is 36.4 Å². The maximum Gasteiger partial charge on any atom is 0.249 e. The fourth-order valence-corrected chi connectivity index (χ4v) is 5.06. The van der Waals surface area contributed by atoms with E-state index in [-0.39, 0.29) is 22.1 Å². The summed E-state index contributed by atoms with van der Waals surface area (Å²) in [5.74, 6) is -0.470. The maximum atomic E-state index is 12.6. The highest BCUT2D eigenvalue weighted by Crippen LogP contribution is 2.51. The van der Waals surface area contributed by atoms with Crippen LogP contribution < -0.4 is 11.1 Å². The largest absolute Gasteiger partial charge is 0.340 e. The highest BCUT2D eigenvalue weighted by atomic mass is 32.2. The van der Waals surface area contributed by atoms with Gasteiger partial charge in [-0.25, -0.2) is 0 Å². The van der Waals surface area contributed by atoms with Crippen LogP contribution in [0, 0.1) is 0 Å². The molecular weight excluding hydrogens is 350 g/mol. The Bertz CT molecular complexity index is 760. The van der Waals surface area contributed by atoms with E-state index in [9.17, 15) is 14.4 Å². The molecule has 0 aliphatic carbocycles. The van der Waals surface area contributed by atoms with Gasteiger partial charge in [-0.3, -0.25) is 14.4 Å². The van der Waals surface area contributed by atoms with Crippen molar-refractivity contribution in [3.8, 4) is 0 Å². The van der Waals surface area contributed by atoms with Gasteiger partial charge >= 0.3 is 0 Å². The summed E-state index contributed by atoms with van der Waals surface area (Å²) in [6, 6.07) is 5.11. The number of fused-ring (bicyclic) bond motifs is 1. The third-order valence-corrected chi connectivity index (χ3v) is 6.49. The van der Waals surface area contributed by atoms with Gasteiger partial charge in [0, 0.05) is 10.3 Å². The van der Waals surface area contributed by atoms with Gasteiger partial charge in [0.15, 0.2) is 0 Å². The van der Waals surface area contributed by atoms with Crippen LogP contribution in [-0.2, 0) is 9.59 Å². The predicted molar refractivity (Wildman–Crippen MR) is 102 cm³/mol. The van der Waals surface area contributed by atoms with Crippen LogP contribution in [0.5, 0.6) is 0 Å². The summed E-state index contributed by atoms with van der Waals surface area (Å²) in [5.41, 5.74) is 7.14. The van der Waals surface area contributed by atoms with E-state index in [1.807, 2.05) is 24.0 Å². The Morgan fingerprint density at radius 3 is 2.58 bits per heavy atom. The summed E-state index contributed by atoms with van der Waals surface area (Å²) in [4.78, 5) is 37.6. The zero-order valence-electron chi connectivity index (χ0n) is 15.0. The molecule has 1 aromatic rings. The molecule has 26 heavy (non-hydrogen) atoms. The minimum absolute atomic E-state index is 0.0210. The second-order valence-corrected chi connectivity index (χ2v) is 8.85. The molecule has 4 atom stereocenters. The van der Waals surface area contributed by atoms with Gasteiger partial charge in [0.1, 0.15) is 23.7 Å². The van der Waals surface area contributed by atoms with E-state index in [0.29, 0.717) is 11.1 Å². The number of hydrogen-bond donors (Lipinski definition) is 2. The van der Waals surface area contributed by atoms with Gasteiger partial charge in [0.05, 0.1) is 6.04 Å². The van der Waals surface area contributed by atoms with Crippen molar-refractivity contribution in [2.24, 2.45) is 5.73 Å². The fourth-order valence-electron chi connectivity index (χ4n) is 3.44. The average Bonchev–Trinajstić information content (AvgIpc) is 2.87. The van der Waals surface area contributed by atoms with Crippen molar-refractivity contribution in [3.05, 3.63) is 47.5 Å². The van der Waals surface area contributed by atoms with E-state index < -0.39 is 18.0 Å². The standard InChI is InChI=1S/C19H23N3O3S/c1-4-5-13-19(2,3)26-18-15(17(25)22(13)18)21-16(24)14(20)12-8-6-11(10-23)7-9-12/h4-10,13-15,18H,20H2,1-3H3,(H,21,24).